The van der Waals surface area contributed by atoms with Gasteiger partial charge in [-0.05, 0) is 192 Å². The van der Waals surface area contributed by atoms with Crippen molar-refractivity contribution >= 4 is 88.6 Å². The van der Waals surface area contributed by atoms with Gasteiger partial charge in [0.05, 0.1) is 16.0 Å². The Kier molecular flexibility index (Phi) is 26.2. The van der Waals surface area contributed by atoms with Crippen molar-refractivity contribution in [2.75, 3.05) is 31.3 Å². The Morgan fingerprint density at radius 1 is 0.606 bits per heavy atom. The van der Waals surface area contributed by atoms with E-state index in [1.54, 1.807) is 42.5 Å². The molecular weight excluding hydrogens is 1310 g/mol. The van der Waals surface area contributed by atoms with E-state index in [2.05, 4.69) is 211 Å². The third-order valence-electron chi connectivity index (χ3n) is 18.1. The summed E-state index contributed by atoms with van der Waals surface area (Å²) < 4.78 is 46.9. The zero-order chi connectivity index (χ0) is 75.1. The minimum absolute atomic E-state index is 0.0754. The number of hydrogen-bond acceptors (Lipinski definition) is 11. The van der Waals surface area contributed by atoms with Gasteiger partial charge in [0.15, 0.2) is 27.7 Å². The van der Waals surface area contributed by atoms with Gasteiger partial charge in [0.2, 0.25) is 0 Å². The molecule has 2 aromatic heterocycles. The van der Waals surface area contributed by atoms with Crippen LogP contribution in [-0.4, -0.2) is 52.4 Å². The number of carbonyl (C=O) groups is 1. The van der Waals surface area contributed by atoms with E-state index in [-0.39, 0.29) is 34.4 Å². The van der Waals surface area contributed by atoms with Crippen LogP contribution in [0.2, 0.25) is 0 Å². The molecule has 0 radical (unpaired) electrons. The molecule has 2 unspecified atom stereocenters. The number of sulfone groups is 1. The molecule has 0 bridgehead atoms. The molecule has 12 nitrogen and oxygen atoms in total. The summed E-state index contributed by atoms with van der Waals surface area (Å²) in [6.07, 6.45) is 15.9. The molecule has 0 amide bonds. The minimum atomic E-state index is -3.34. The second-order valence-corrected chi connectivity index (χ2v) is 33.6. The Morgan fingerprint density at radius 2 is 1.20 bits per heavy atom. The number of unbranched alkanes of at least 4 members (excludes halogenated alkanes) is 2. The van der Waals surface area contributed by atoms with E-state index in [1.165, 1.54) is 35.7 Å². The Balaban J connectivity index is 0.000000181. The largest absolute Gasteiger partial charge is 0.508 e. The van der Waals surface area contributed by atoms with Gasteiger partial charge in [-0.15, -0.1) is 0 Å². The summed E-state index contributed by atoms with van der Waals surface area (Å²) in [5, 5.41) is 20.2. The van der Waals surface area contributed by atoms with Crippen LogP contribution in [0.1, 0.15) is 165 Å². The summed E-state index contributed by atoms with van der Waals surface area (Å²) in [5.74, 6) is 1.55. The van der Waals surface area contributed by atoms with E-state index >= 15 is 0 Å². The first-order chi connectivity index (χ1) is 49.4. The number of phenolic OH excluding ortho intramolecular Hbond substituents is 1. The van der Waals surface area contributed by atoms with Crippen LogP contribution in [-0.2, 0) is 21.2 Å². The molecule has 544 valence electrons. The maximum atomic E-state index is 13.1. The van der Waals surface area contributed by atoms with Gasteiger partial charge in [-0.2, -0.15) is 0 Å². The fourth-order valence-corrected chi connectivity index (χ4v) is 13.9. The van der Waals surface area contributed by atoms with Gasteiger partial charge in [-0.3, -0.25) is 14.6 Å². The molecule has 2 aliphatic rings. The van der Waals surface area contributed by atoms with Gasteiger partial charge in [0.25, 0.3) is 6.47 Å². The first kappa shape index (κ1) is 78.4. The smallest absolute Gasteiger partial charge is 0.298 e. The molecule has 0 saturated carbocycles. The predicted molar refractivity (Wildman–Crippen MR) is 435 cm³/mol. The molecule has 0 fully saturated rings. The summed E-state index contributed by atoms with van der Waals surface area (Å²) >= 11 is 0. The van der Waals surface area contributed by atoms with Crippen molar-refractivity contribution in [3.63, 3.8) is 0 Å². The van der Waals surface area contributed by atoms with Gasteiger partial charge < -0.3 is 28.9 Å². The molecule has 2 atom stereocenters. The predicted octanol–water partition coefficient (Wildman–Crippen LogP) is 22.2. The van der Waals surface area contributed by atoms with E-state index in [4.69, 9.17) is 18.6 Å². The van der Waals surface area contributed by atoms with E-state index in [1.807, 2.05) is 72.8 Å². The first-order valence-corrected chi connectivity index (χ1v) is 38.3. The molecule has 1 aliphatic carbocycles. The number of aromatic hydroxyl groups is 1. The van der Waals surface area contributed by atoms with Crippen LogP contribution in [0.5, 0.6) is 11.5 Å². The number of fused-ring (bicyclic) bond motifs is 8. The summed E-state index contributed by atoms with van der Waals surface area (Å²) in [6.45, 7) is 33.2. The van der Waals surface area contributed by atoms with Crippen LogP contribution in [0.3, 0.4) is 0 Å². The zero-order valence-corrected chi connectivity index (χ0v) is 64.8. The molecule has 10 aromatic rings. The lowest BCUT2D eigenvalue weighted by atomic mass is 9.90. The van der Waals surface area contributed by atoms with Crippen molar-refractivity contribution < 1.29 is 36.5 Å². The van der Waals surface area contributed by atoms with Crippen molar-refractivity contribution in [1.82, 2.24) is 5.32 Å². The highest BCUT2D eigenvalue weighted by molar-refractivity contribution is 7.91. The number of rotatable bonds is 21. The van der Waals surface area contributed by atoms with Gasteiger partial charge in [-0.25, -0.2) is 13.0 Å². The van der Waals surface area contributed by atoms with Crippen LogP contribution in [0, 0.1) is 16.2 Å². The highest BCUT2D eigenvalue weighted by atomic mass is 32.2. The van der Waals surface area contributed by atoms with E-state index in [9.17, 15) is 23.1 Å². The maximum Gasteiger partial charge on any atom is 0.298 e. The van der Waals surface area contributed by atoms with Crippen LogP contribution in [0.25, 0.3) is 100 Å². The summed E-state index contributed by atoms with van der Waals surface area (Å²) in [5.41, 5.74) is 12.6. The number of ether oxygens (including phenoxy) is 1. The van der Waals surface area contributed by atoms with Gasteiger partial charge in [0, 0.05) is 106 Å². The number of aryl methyl sites for hydroxylation is 1. The van der Waals surface area contributed by atoms with Crippen molar-refractivity contribution in [3.05, 3.63) is 227 Å². The number of phenols is 1. The fraction of sp³-hybridized carbons (Fsp3) is 0.341. The topological polar surface area (TPSA) is 156 Å². The number of nitrogens with one attached hydrogen (secondary N) is 1. The number of anilines is 1. The fourth-order valence-electron chi connectivity index (χ4n) is 12.5. The molecular formula is C91H107N4O8S+. The quantitative estimate of drug-likeness (QED) is 0.0233. The van der Waals surface area contributed by atoms with Crippen molar-refractivity contribution in [2.45, 2.75) is 165 Å². The average Bonchev–Trinajstić information content (AvgIpc) is 0.734. The molecule has 1 aliphatic heterocycles. The zero-order valence-electron chi connectivity index (χ0n) is 64.0. The van der Waals surface area contributed by atoms with Crippen molar-refractivity contribution in [2.24, 2.45) is 21.2 Å². The van der Waals surface area contributed by atoms with Crippen LogP contribution < -0.4 is 30.3 Å². The number of para-hydroxylation sites is 1. The first-order valence-electron chi connectivity index (χ1n) is 36.7. The van der Waals surface area contributed by atoms with Crippen LogP contribution >= 0.6 is 0 Å². The maximum absolute atomic E-state index is 13.1. The number of benzene rings is 9. The molecule has 3 heterocycles. The Morgan fingerprint density at radius 3 is 1.82 bits per heavy atom. The highest BCUT2D eigenvalue weighted by Crippen LogP contribution is 2.45. The summed E-state index contributed by atoms with van der Waals surface area (Å²) in [7, 11) is 0.784. The Hall–Kier alpha value is -9.69. The summed E-state index contributed by atoms with van der Waals surface area (Å²) in [4.78, 5) is 30.5. The van der Waals surface area contributed by atoms with Crippen molar-refractivity contribution in [1.29, 1.82) is 0 Å². The van der Waals surface area contributed by atoms with Gasteiger partial charge in [-0.1, -0.05) is 175 Å². The third kappa shape index (κ3) is 21.5. The van der Waals surface area contributed by atoms with Gasteiger partial charge in [0.1, 0.15) is 40.6 Å². The lowest BCUT2D eigenvalue weighted by Crippen LogP contribution is -2.33. The molecule has 2 N–H and O–H groups in total. The summed E-state index contributed by atoms with van der Waals surface area (Å²) in [6, 6.07) is 58.3. The number of carbonyl (C=O) groups excluding carboxylic acids is 1. The number of pyridine rings is 1. The lowest BCUT2D eigenvalue weighted by Gasteiger charge is -2.18. The monoisotopic (exact) mass is 1420 g/mol. The Bertz CT molecular complexity index is 5140. The van der Waals surface area contributed by atoms with Crippen molar-refractivity contribution in [3.8, 4) is 45.1 Å². The number of aromatic nitrogens is 1. The third-order valence-corrected chi connectivity index (χ3v) is 20.0. The second-order valence-electron chi connectivity index (χ2n) is 31.5. The Labute approximate surface area is 616 Å². The molecule has 13 heteroatoms. The normalized spacial score (nSPS) is 12.8. The van der Waals surface area contributed by atoms with E-state index in [0.29, 0.717) is 45.5 Å². The van der Waals surface area contributed by atoms with Crippen LogP contribution in [0.4, 0.5) is 5.69 Å². The molecule has 104 heavy (non-hydrogen) atoms. The standard InChI is InChI=1S/C36H48N2O3S.C28H16O5.C22H31N2.C5H12/c1-8-25(3)38-29-16-20-32-34(24-29)41-33-23-28(26(4)37-9-2)15-19-31(33)35(32)27-13-17-30(18-14-27)42(39,40)22-12-10-11-21-36(5,6)7;29-15-32-25-4-2-1-3-22(25)26-23-9-5-16-13-18(30)7-11-20(16)27(23)33-28-21-12-8-19(31)14-17(21)6-10-24(26)28;1-22(2,3)15-6-16-24-17-13-20(14-18-24)8-7-19-9-11-21(12-10-19)23(4)5;1-5(2,3)4/h13-20,23-26,37H,8-12,21-22H2,1-7H3;1-15,30H;7-14,17-18H,6,15-16H2,1-5H3;1-4H3/q;;+1;. The number of hydrogen-bond donors (Lipinski definition) is 2. The van der Waals surface area contributed by atoms with E-state index in [0.717, 1.165) is 127 Å². The van der Waals surface area contributed by atoms with E-state index < -0.39 is 9.84 Å². The average molecular weight is 1420 g/mol. The highest BCUT2D eigenvalue weighted by Gasteiger charge is 2.23. The molecule has 8 aromatic carbocycles. The van der Waals surface area contributed by atoms with Gasteiger partial charge >= 0.3 is 0 Å². The second kappa shape index (κ2) is 34.7. The minimum Gasteiger partial charge on any atom is -0.508 e. The van der Waals surface area contributed by atoms with Crippen LogP contribution in [0.15, 0.2) is 218 Å². The molecule has 0 saturated heterocycles. The molecule has 12 rings (SSSR count). The molecule has 0 spiro atoms. The lowest BCUT2D eigenvalue weighted by molar-refractivity contribution is -0.697. The SMILES string of the molecule is CC(C)(C)C.CCNC(C)c1ccc2c(-c3ccc(S(=O)(=O)CCCCCC(C)(C)C)cc3)c3ccc(=NC(C)CC)cc-3oc2c1.CN(C)c1ccc(/C=C/c2cc[n+](CCCC(C)(C)C)cc2)cc1.O=COc1ccccc1-c1c2ccc3cc(O)ccc3c2oc2c1ccc1cc(=O)ccc12. The number of nitrogens with zero attached hydrogens (tertiary/aromatic N) is 3.